The van der Waals surface area contributed by atoms with Gasteiger partial charge in [0.05, 0.1) is 33.2 Å². The highest BCUT2D eigenvalue weighted by Crippen LogP contribution is 2.36. The Labute approximate surface area is 228 Å². The maximum Gasteiger partial charge on any atom is 0.346 e. The molecule has 10 heteroatoms. The molecule has 184 valence electrons. The highest BCUT2D eigenvalue weighted by molar-refractivity contribution is 9.11. The van der Waals surface area contributed by atoms with Crippen LogP contribution < -0.4 is 10.3 Å². The first kappa shape index (κ1) is 26.0. The predicted octanol–water partition coefficient (Wildman–Crippen LogP) is 6.55. The van der Waals surface area contributed by atoms with E-state index in [1.165, 1.54) is 18.2 Å². The predicted molar refractivity (Wildman–Crippen MR) is 146 cm³/mol. The van der Waals surface area contributed by atoms with E-state index in [9.17, 15) is 9.59 Å². The number of aromatic nitrogens is 2. The van der Waals surface area contributed by atoms with Gasteiger partial charge in [-0.3, -0.25) is 4.79 Å². The van der Waals surface area contributed by atoms with Gasteiger partial charge in [-0.05, 0) is 87.5 Å². The van der Waals surface area contributed by atoms with Crippen LogP contribution in [0.5, 0.6) is 5.75 Å². The van der Waals surface area contributed by atoms with Crippen LogP contribution in [0.2, 0.25) is 0 Å². The molecular formula is C25H24Br3N3O4. The standard InChI is InChI=1S/C25H24Br3N3O4/c1-14(25(33)34-2)35-22-19(27)10-15(11-20(22)28)13-29-31-23(16-6-4-3-5-7-16)30-21-9-8-17(26)12-18(21)24(31)32/h8-14,16H,3-7H2,1-2H3/t14-/m1/s1. The first-order valence-corrected chi connectivity index (χ1v) is 13.7. The van der Waals surface area contributed by atoms with E-state index in [2.05, 4.69) is 52.9 Å². The summed E-state index contributed by atoms with van der Waals surface area (Å²) in [5.74, 6) is 0.887. The minimum atomic E-state index is -0.772. The number of rotatable bonds is 6. The van der Waals surface area contributed by atoms with Crippen molar-refractivity contribution < 1.29 is 14.3 Å². The summed E-state index contributed by atoms with van der Waals surface area (Å²) in [7, 11) is 1.32. The van der Waals surface area contributed by atoms with Crippen molar-refractivity contribution in [3.8, 4) is 5.75 Å². The summed E-state index contributed by atoms with van der Waals surface area (Å²) in [6.45, 7) is 1.62. The van der Waals surface area contributed by atoms with E-state index < -0.39 is 12.1 Å². The smallest absolute Gasteiger partial charge is 0.346 e. The first-order valence-electron chi connectivity index (χ1n) is 11.3. The average molecular weight is 670 g/mol. The maximum absolute atomic E-state index is 13.5. The number of ether oxygens (including phenoxy) is 2. The Morgan fingerprint density at radius 3 is 2.49 bits per heavy atom. The van der Waals surface area contributed by atoms with Crippen molar-refractivity contribution in [2.45, 2.75) is 51.0 Å². The maximum atomic E-state index is 13.5. The minimum absolute atomic E-state index is 0.190. The van der Waals surface area contributed by atoms with Gasteiger partial charge >= 0.3 is 5.97 Å². The van der Waals surface area contributed by atoms with Crippen LogP contribution in [0.1, 0.15) is 56.3 Å². The Balaban J connectivity index is 1.73. The molecule has 0 N–H and O–H groups in total. The summed E-state index contributed by atoms with van der Waals surface area (Å²) in [5.41, 5.74) is 1.22. The number of benzene rings is 2. The molecule has 1 heterocycles. The lowest BCUT2D eigenvalue weighted by molar-refractivity contribution is -0.147. The quantitative estimate of drug-likeness (QED) is 0.220. The fourth-order valence-electron chi connectivity index (χ4n) is 4.18. The zero-order valence-corrected chi connectivity index (χ0v) is 24.0. The van der Waals surface area contributed by atoms with Gasteiger partial charge in [-0.15, -0.1) is 0 Å². The van der Waals surface area contributed by atoms with E-state index in [0.29, 0.717) is 31.4 Å². The highest BCUT2D eigenvalue weighted by atomic mass is 79.9. The molecule has 1 atom stereocenters. The van der Waals surface area contributed by atoms with Gasteiger partial charge in [0.2, 0.25) is 0 Å². The third kappa shape index (κ3) is 5.86. The number of fused-ring (bicyclic) bond motifs is 1. The van der Waals surface area contributed by atoms with Gasteiger partial charge in [0.1, 0.15) is 11.6 Å². The number of carbonyl (C=O) groups excluding carboxylic acids is 1. The molecule has 4 rings (SSSR count). The summed E-state index contributed by atoms with van der Waals surface area (Å²) in [5, 5.41) is 5.10. The second-order valence-electron chi connectivity index (χ2n) is 8.42. The molecule has 1 aromatic heterocycles. The van der Waals surface area contributed by atoms with Crippen molar-refractivity contribution >= 4 is 70.9 Å². The molecule has 0 saturated heterocycles. The molecule has 1 aliphatic rings. The van der Waals surface area contributed by atoms with Gasteiger partial charge in [-0.2, -0.15) is 9.78 Å². The fraction of sp³-hybridized carbons (Fsp3) is 0.360. The molecule has 0 amide bonds. The number of halogens is 3. The Bertz CT molecular complexity index is 1330. The van der Waals surface area contributed by atoms with Crippen LogP contribution in [0, 0.1) is 0 Å². The normalized spacial score (nSPS) is 15.5. The summed E-state index contributed by atoms with van der Waals surface area (Å²) < 4.78 is 14.0. The number of hydrogen-bond acceptors (Lipinski definition) is 6. The van der Waals surface area contributed by atoms with E-state index in [0.717, 1.165) is 35.7 Å². The lowest BCUT2D eigenvalue weighted by Crippen LogP contribution is -2.25. The number of methoxy groups -OCH3 is 1. The van der Waals surface area contributed by atoms with Gasteiger partial charge in [-0.1, -0.05) is 35.2 Å². The molecule has 0 aliphatic heterocycles. The second kappa shape index (κ2) is 11.3. The number of esters is 1. The van der Waals surface area contributed by atoms with Crippen LogP contribution in [0.3, 0.4) is 0 Å². The molecule has 0 radical (unpaired) electrons. The first-order chi connectivity index (χ1) is 16.8. The van der Waals surface area contributed by atoms with E-state index in [1.54, 1.807) is 19.2 Å². The Morgan fingerprint density at radius 1 is 1.14 bits per heavy atom. The van der Waals surface area contributed by atoms with Crippen molar-refractivity contribution in [2.75, 3.05) is 7.11 Å². The molecule has 0 spiro atoms. The van der Waals surface area contributed by atoms with Crippen LogP contribution in [0.15, 0.2) is 53.6 Å². The van der Waals surface area contributed by atoms with Crippen LogP contribution in [-0.2, 0) is 9.53 Å². The van der Waals surface area contributed by atoms with Crippen LogP contribution in [-0.4, -0.2) is 35.1 Å². The number of hydrogen-bond donors (Lipinski definition) is 0. The Hall–Kier alpha value is -2.04. The zero-order valence-electron chi connectivity index (χ0n) is 19.3. The van der Waals surface area contributed by atoms with E-state index >= 15 is 0 Å². The van der Waals surface area contributed by atoms with Gasteiger partial charge in [0.25, 0.3) is 5.56 Å². The summed E-state index contributed by atoms with van der Waals surface area (Å²) in [4.78, 5) is 30.1. The Morgan fingerprint density at radius 2 is 1.83 bits per heavy atom. The van der Waals surface area contributed by atoms with Gasteiger partial charge in [0.15, 0.2) is 6.10 Å². The Kier molecular flexibility index (Phi) is 8.44. The number of nitrogens with zero attached hydrogens (tertiary/aromatic N) is 3. The molecule has 0 unspecified atom stereocenters. The van der Waals surface area contributed by atoms with Crippen LogP contribution >= 0.6 is 47.8 Å². The average Bonchev–Trinajstić information content (AvgIpc) is 2.85. The van der Waals surface area contributed by atoms with Crippen LogP contribution in [0.25, 0.3) is 10.9 Å². The molecular weight excluding hydrogens is 646 g/mol. The zero-order chi connectivity index (χ0) is 25.1. The van der Waals surface area contributed by atoms with E-state index in [4.69, 9.17) is 14.5 Å². The third-order valence-corrected chi connectivity index (χ3v) is 7.65. The van der Waals surface area contributed by atoms with Crippen molar-refractivity contribution in [1.82, 2.24) is 9.66 Å². The number of carbonyl (C=O) groups is 1. The lowest BCUT2D eigenvalue weighted by Gasteiger charge is -2.22. The molecule has 1 fully saturated rings. The van der Waals surface area contributed by atoms with E-state index in [-0.39, 0.29) is 11.5 Å². The van der Waals surface area contributed by atoms with Gasteiger partial charge < -0.3 is 9.47 Å². The molecule has 3 aromatic rings. The molecule has 7 nitrogen and oxygen atoms in total. The van der Waals surface area contributed by atoms with Crippen LogP contribution in [0.4, 0.5) is 0 Å². The topological polar surface area (TPSA) is 82.8 Å². The molecule has 0 bridgehead atoms. The monoisotopic (exact) mass is 667 g/mol. The third-order valence-electron chi connectivity index (χ3n) is 5.97. The molecule has 35 heavy (non-hydrogen) atoms. The van der Waals surface area contributed by atoms with Gasteiger partial charge in [-0.25, -0.2) is 9.78 Å². The van der Waals surface area contributed by atoms with Crippen molar-refractivity contribution in [3.05, 3.63) is 65.5 Å². The fourth-order valence-corrected chi connectivity index (χ4v) is 5.95. The lowest BCUT2D eigenvalue weighted by atomic mass is 9.88. The SMILES string of the molecule is COC(=O)[C@@H](C)Oc1c(Br)cc(C=Nn2c(C3CCCCC3)nc3ccc(Br)cc3c2=O)cc1Br. The summed E-state index contributed by atoms with van der Waals surface area (Å²) in [6.07, 6.45) is 6.28. The van der Waals surface area contributed by atoms with Crippen molar-refractivity contribution in [1.29, 1.82) is 0 Å². The van der Waals surface area contributed by atoms with E-state index in [1.807, 2.05) is 24.3 Å². The van der Waals surface area contributed by atoms with Gasteiger partial charge in [0, 0.05) is 10.4 Å². The van der Waals surface area contributed by atoms with Crippen molar-refractivity contribution in [2.24, 2.45) is 5.10 Å². The minimum Gasteiger partial charge on any atom is -0.477 e. The molecule has 2 aromatic carbocycles. The molecule has 1 saturated carbocycles. The summed E-state index contributed by atoms with van der Waals surface area (Å²) in [6, 6.07) is 9.16. The largest absolute Gasteiger partial charge is 0.477 e. The summed E-state index contributed by atoms with van der Waals surface area (Å²) >= 11 is 10.5. The second-order valence-corrected chi connectivity index (χ2v) is 11.0. The highest BCUT2D eigenvalue weighted by Gasteiger charge is 2.23. The molecule has 1 aliphatic carbocycles. The van der Waals surface area contributed by atoms with Crippen molar-refractivity contribution in [3.63, 3.8) is 0 Å².